The molecule has 0 fully saturated rings. The summed E-state index contributed by atoms with van der Waals surface area (Å²) in [5, 5.41) is 2.64. The van der Waals surface area contributed by atoms with E-state index in [0.717, 1.165) is 25.9 Å². The fourth-order valence-electron chi connectivity index (χ4n) is 3.29. The summed E-state index contributed by atoms with van der Waals surface area (Å²) in [5.41, 5.74) is 2.12. The number of anilines is 2. The molecule has 6 heteroatoms. The van der Waals surface area contributed by atoms with E-state index in [9.17, 15) is 13.6 Å². The highest BCUT2D eigenvalue weighted by Crippen LogP contribution is 2.32. The Hall–Kier alpha value is -2.76. The maximum atomic E-state index is 14.6. The first-order valence-corrected chi connectivity index (χ1v) is 9.22. The predicted octanol–water partition coefficient (Wildman–Crippen LogP) is 5.03. The summed E-state index contributed by atoms with van der Waals surface area (Å²) in [4.78, 5) is 18.4. The number of nitrogens with zero attached hydrogens (tertiary/aromatic N) is 2. The van der Waals surface area contributed by atoms with Crippen molar-refractivity contribution in [2.45, 2.75) is 32.6 Å². The molecule has 0 spiro atoms. The summed E-state index contributed by atoms with van der Waals surface area (Å²) in [7, 11) is 0. The van der Waals surface area contributed by atoms with E-state index in [1.54, 1.807) is 18.2 Å². The van der Waals surface area contributed by atoms with Crippen molar-refractivity contribution in [2.24, 2.45) is 4.99 Å². The third-order valence-corrected chi connectivity index (χ3v) is 4.52. The molecule has 0 saturated heterocycles. The average Bonchev–Trinajstić information content (AvgIpc) is 2.94. The minimum Gasteiger partial charge on any atom is -0.369 e. The summed E-state index contributed by atoms with van der Waals surface area (Å²) in [6.45, 7) is 5.72. The van der Waals surface area contributed by atoms with Gasteiger partial charge in [0.05, 0.1) is 11.4 Å². The quantitative estimate of drug-likeness (QED) is 0.694. The summed E-state index contributed by atoms with van der Waals surface area (Å²) in [6.07, 6.45) is 3.36. The molecule has 1 N–H and O–H groups in total. The molecule has 1 aliphatic heterocycles. The Bertz CT molecular complexity index is 861. The first-order chi connectivity index (χ1) is 13.0. The molecule has 1 aliphatic rings. The zero-order valence-corrected chi connectivity index (χ0v) is 15.5. The van der Waals surface area contributed by atoms with Gasteiger partial charge < -0.3 is 10.2 Å². The minimum absolute atomic E-state index is 0.270. The number of hydrogen-bond acceptors (Lipinski definition) is 3. The fraction of sp³-hybridized carbons (Fsp3) is 0.333. The fourth-order valence-corrected chi connectivity index (χ4v) is 3.29. The molecule has 1 unspecified atom stereocenters. The number of fused-ring (bicyclic) bond motifs is 1. The first-order valence-electron chi connectivity index (χ1n) is 9.22. The van der Waals surface area contributed by atoms with E-state index in [1.165, 1.54) is 24.4 Å². The molecule has 27 heavy (non-hydrogen) atoms. The molecule has 0 saturated carbocycles. The molecule has 0 aromatic heterocycles. The van der Waals surface area contributed by atoms with Gasteiger partial charge in [-0.1, -0.05) is 19.9 Å². The Kier molecular flexibility index (Phi) is 5.84. The average molecular weight is 371 g/mol. The third kappa shape index (κ3) is 4.15. The lowest BCUT2D eigenvalue weighted by Crippen LogP contribution is -2.25. The van der Waals surface area contributed by atoms with Gasteiger partial charge in [-0.25, -0.2) is 8.78 Å². The van der Waals surface area contributed by atoms with Crippen LogP contribution in [0.5, 0.6) is 0 Å². The molecule has 4 nitrogen and oxygen atoms in total. The number of hydrogen-bond donors (Lipinski definition) is 1. The second kappa shape index (κ2) is 8.29. The smallest absolute Gasteiger partial charge is 0.237 e. The van der Waals surface area contributed by atoms with Gasteiger partial charge in [-0.05, 0) is 42.7 Å². The zero-order chi connectivity index (χ0) is 19.4. The number of nitrogens with one attached hydrogen (secondary N) is 1. The lowest BCUT2D eigenvalue weighted by molar-refractivity contribution is -0.115. The Morgan fingerprint density at radius 3 is 2.52 bits per heavy atom. The van der Waals surface area contributed by atoms with Gasteiger partial charge in [0, 0.05) is 31.1 Å². The molecule has 1 atom stereocenters. The first kappa shape index (κ1) is 19.0. The molecule has 2 aromatic carbocycles. The van der Waals surface area contributed by atoms with Crippen LogP contribution < -0.4 is 10.2 Å². The predicted molar refractivity (Wildman–Crippen MR) is 105 cm³/mol. The third-order valence-electron chi connectivity index (χ3n) is 4.52. The molecular formula is C21H23F2N3O. The van der Waals surface area contributed by atoms with Crippen molar-refractivity contribution in [3.63, 3.8) is 0 Å². The second-order valence-corrected chi connectivity index (χ2v) is 6.60. The van der Waals surface area contributed by atoms with Gasteiger partial charge in [-0.3, -0.25) is 9.79 Å². The van der Waals surface area contributed by atoms with Gasteiger partial charge in [0.25, 0.3) is 0 Å². The van der Waals surface area contributed by atoms with Crippen LogP contribution in [0.1, 0.15) is 38.2 Å². The molecule has 1 amide bonds. The van der Waals surface area contributed by atoms with Gasteiger partial charge in [0.1, 0.15) is 17.6 Å². The standard InChI is InChI=1S/C21H23F2N3O/c1-3-9-26(10-4-2)20-8-6-15(12-18(20)23)24-13-17-16-7-5-14(22)11-19(16)25-21(17)27/h5-8,11-13,17H,3-4,9-10H2,1-2H3,(H,25,27). The van der Waals surface area contributed by atoms with Gasteiger partial charge in [0.15, 0.2) is 0 Å². The Balaban J connectivity index is 1.80. The summed E-state index contributed by atoms with van der Waals surface area (Å²) in [5.74, 6) is -1.62. The van der Waals surface area contributed by atoms with Gasteiger partial charge >= 0.3 is 0 Å². The summed E-state index contributed by atoms with van der Waals surface area (Å²) >= 11 is 0. The van der Waals surface area contributed by atoms with E-state index in [0.29, 0.717) is 22.6 Å². The monoisotopic (exact) mass is 371 g/mol. The SMILES string of the molecule is CCCN(CCC)c1ccc(N=CC2C(=O)Nc3cc(F)ccc32)cc1F. The Morgan fingerprint density at radius 1 is 1.11 bits per heavy atom. The summed E-state index contributed by atoms with van der Waals surface area (Å²) in [6, 6.07) is 9.01. The molecular weight excluding hydrogens is 348 g/mol. The van der Waals surface area contributed by atoms with Crippen LogP contribution in [0.4, 0.5) is 25.8 Å². The van der Waals surface area contributed by atoms with Gasteiger partial charge in [0.2, 0.25) is 5.91 Å². The van der Waals surface area contributed by atoms with Crippen molar-refractivity contribution >= 4 is 29.2 Å². The van der Waals surface area contributed by atoms with E-state index >= 15 is 0 Å². The van der Waals surface area contributed by atoms with Crippen molar-refractivity contribution in [1.29, 1.82) is 0 Å². The lowest BCUT2D eigenvalue weighted by Gasteiger charge is -2.24. The van der Waals surface area contributed by atoms with Crippen molar-refractivity contribution in [2.75, 3.05) is 23.3 Å². The second-order valence-electron chi connectivity index (χ2n) is 6.60. The van der Waals surface area contributed by atoms with E-state index < -0.39 is 11.7 Å². The number of rotatable bonds is 7. The molecule has 142 valence electrons. The number of carbonyl (C=O) groups excluding carboxylic acids is 1. The van der Waals surface area contributed by atoms with Crippen LogP contribution in [-0.4, -0.2) is 25.2 Å². The number of aliphatic imine (C=N–C) groups is 1. The van der Waals surface area contributed by atoms with Crippen LogP contribution in [0.3, 0.4) is 0 Å². The van der Waals surface area contributed by atoms with Crippen molar-refractivity contribution in [3.8, 4) is 0 Å². The largest absolute Gasteiger partial charge is 0.369 e. The molecule has 0 bridgehead atoms. The minimum atomic E-state index is -0.611. The molecule has 1 heterocycles. The zero-order valence-electron chi connectivity index (χ0n) is 15.5. The van der Waals surface area contributed by atoms with Crippen LogP contribution in [0.2, 0.25) is 0 Å². The number of carbonyl (C=O) groups is 1. The van der Waals surface area contributed by atoms with Crippen molar-refractivity contribution < 1.29 is 13.6 Å². The highest BCUT2D eigenvalue weighted by Gasteiger charge is 2.29. The van der Waals surface area contributed by atoms with Crippen LogP contribution in [0.25, 0.3) is 0 Å². The number of benzene rings is 2. The maximum absolute atomic E-state index is 14.6. The van der Waals surface area contributed by atoms with Crippen LogP contribution in [0, 0.1) is 11.6 Å². The Labute approximate surface area is 157 Å². The molecule has 0 radical (unpaired) electrons. The lowest BCUT2D eigenvalue weighted by atomic mass is 10.0. The van der Waals surface area contributed by atoms with Crippen LogP contribution >= 0.6 is 0 Å². The Morgan fingerprint density at radius 2 is 1.85 bits per heavy atom. The highest BCUT2D eigenvalue weighted by atomic mass is 19.1. The van der Waals surface area contributed by atoms with Crippen molar-refractivity contribution in [1.82, 2.24) is 0 Å². The van der Waals surface area contributed by atoms with E-state index in [2.05, 4.69) is 24.2 Å². The van der Waals surface area contributed by atoms with Crippen LogP contribution in [-0.2, 0) is 4.79 Å². The van der Waals surface area contributed by atoms with E-state index in [4.69, 9.17) is 0 Å². The maximum Gasteiger partial charge on any atom is 0.237 e. The normalized spacial score (nSPS) is 15.9. The molecule has 0 aliphatic carbocycles. The van der Waals surface area contributed by atoms with E-state index in [-0.39, 0.29) is 11.7 Å². The summed E-state index contributed by atoms with van der Waals surface area (Å²) < 4.78 is 27.9. The topological polar surface area (TPSA) is 44.7 Å². The van der Waals surface area contributed by atoms with Crippen LogP contribution in [0.15, 0.2) is 41.4 Å². The molecule has 3 rings (SSSR count). The van der Waals surface area contributed by atoms with Gasteiger partial charge in [-0.2, -0.15) is 0 Å². The van der Waals surface area contributed by atoms with Gasteiger partial charge in [-0.15, -0.1) is 0 Å². The number of halogens is 2. The number of amides is 1. The van der Waals surface area contributed by atoms with E-state index in [1.807, 2.05) is 4.90 Å². The highest BCUT2D eigenvalue weighted by molar-refractivity contribution is 6.12. The molecule has 2 aromatic rings. The van der Waals surface area contributed by atoms with Crippen molar-refractivity contribution in [3.05, 3.63) is 53.6 Å².